The fourth-order valence-corrected chi connectivity index (χ4v) is 3.59. The average Bonchev–Trinajstić information content (AvgIpc) is 2.74. The van der Waals surface area contributed by atoms with Gasteiger partial charge in [-0.15, -0.1) is 33.2 Å². The summed E-state index contributed by atoms with van der Waals surface area (Å²) in [6, 6.07) is 18.8. The molecule has 0 aliphatic carbocycles. The first kappa shape index (κ1) is 23.0. The van der Waals surface area contributed by atoms with Crippen molar-refractivity contribution in [2.75, 3.05) is 14.2 Å². The Labute approximate surface area is 189 Å². The number of benzene rings is 3. The van der Waals surface area contributed by atoms with Crippen molar-refractivity contribution in [3.05, 3.63) is 77.4 Å². The zero-order valence-corrected chi connectivity index (χ0v) is 19.9. The number of esters is 2. The lowest BCUT2D eigenvalue weighted by molar-refractivity contribution is 0.0592. The van der Waals surface area contributed by atoms with Gasteiger partial charge in [-0.3, -0.25) is 0 Å². The van der Waals surface area contributed by atoms with E-state index in [1.54, 1.807) is 24.3 Å². The van der Waals surface area contributed by atoms with Crippen molar-refractivity contribution in [2.45, 2.75) is 6.92 Å². The molecule has 0 aromatic heterocycles. The van der Waals surface area contributed by atoms with Crippen molar-refractivity contribution in [3.63, 3.8) is 0 Å². The second-order valence-electron chi connectivity index (χ2n) is 6.36. The van der Waals surface area contributed by atoms with Crippen LogP contribution in [-0.4, -0.2) is 26.2 Å². The number of rotatable bonds is 4. The number of carbonyl (C=O) groups excluding carboxylic acids is 2. The van der Waals surface area contributed by atoms with Crippen molar-refractivity contribution in [2.24, 2.45) is 0 Å². The normalized spacial score (nSPS) is 10.1. The zero-order chi connectivity index (χ0) is 20.3. The molecule has 150 valence electrons. The highest BCUT2D eigenvalue weighted by Crippen LogP contribution is 2.35. The number of aryl methyl sites for hydroxylation is 1. The summed E-state index contributed by atoms with van der Waals surface area (Å²) in [6.45, 7) is 2.06. The monoisotopic (exact) mass is 520 g/mol. The average molecular weight is 520 g/mol. The third-order valence-corrected chi connectivity index (χ3v) is 5.12. The summed E-state index contributed by atoms with van der Waals surface area (Å²) < 4.78 is 9.55. The zero-order valence-electron chi connectivity index (χ0n) is 16.4. The van der Waals surface area contributed by atoms with E-state index in [0.29, 0.717) is 11.1 Å². The molecule has 0 spiro atoms. The third kappa shape index (κ3) is 4.85. The predicted molar refractivity (Wildman–Crippen MR) is 129 cm³/mol. The van der Waals surface area contributed by atoms with E-state index in [4.69, 9.17) is 9.47 Å². The molecular formula is C23H22IO4P. The highest BCUT2D eigenvalue weighted by molar-refractivity contribution is 14.0. The van der Waals surface area contributed by atoms with Crippen LogP contribution >= 0.6 is 33.2 Å². The molecule has 1 unspecified atom stereocenters. The first-order valence-electron chi connectivity index (χ1n) is 8.73. The first-order chi connectivity index (χ1) is 13.5. The van der Waals surface area contributed by atoms with Gasteiger partial charge < -0.3 is 9.47 Å². The van der Waals surface area contributed by atoms with E-state index >= 15 is 0 Å². The Morgan fingerprint density at radius 2 is 1.10 bits per heavy atom. The van der Waals surface area contributed by atoms with E-state index in [-0.39, 0.29) is 35.9 Å². The lowest BCUT2D eigenvalue weighted by atomic mass is 9.90. The summed E-state index contributed by atoms with van der Waals surface area (Å²) >= 11 is 0. The molecule has 0 radical (unpaired) electrons. The van der Waals surface area contributed by atoms with Crippen LogP contribution < -0.4 is 5.30 Å². The van der Waals surface area contributed by atoms with Gasteiger partial charge in [-0.1, -0.05) is 36.4 Å². The molecular weight excluding hydrogens is 498 g/mol. The van der Waals surface area contributed by atoms with Crippen molar-refractivity contribution in [1.82, 2.24) is 0 Å². The molecule has 0 heterocycles. The number of ether oxygens (including phenoxy) is 2. The number of carbonyl (C=O) groups is 2. The topological polar surface area (TPSA) is 52.6 Å². The van der Waals surface area contributed by atoms with Crippen LogP contribution in [0.5, 0.6) is 0 Å². The SMILES string of the molecule is COC(=O)c1ccc(-c2c(C)ccc(P)c2-c2ccc(C(=O)OC)cc2)cc1.I. The maximum absolute atomic E-state index is 11.7. The smallest absolute Gasteiger partial charge is 0.337 e. The standard InChI is InChI=1S/C23H21O4P.HI/c1-14-4-13-19(28)21(16-7-11-18(12-8-16)23(25)27-3)20(14)15-5-9-17(10-6-15)22(24)26-2;/h4-13H,28H2,1-3H3;1H. The van der Waals surface area contributed by atoms with Crippen LogP contribution in [0.15, 0.2) is 60.7 Å². The Morgan fingerprint density at radius 1 is 0.690 bits per heavy atom. The second kappa shape index (κ2) is 9.99. The highest BCUT2D eigenvalue weighted by Gasteiger charge is 2.15. The minimum absolute atomic E-state index is 0. The van der Waals surface area contributed by atoms with Crippen molar-refractivity contribution in [1.29, 1.82) is 0 Å². The molecule has 1 atom stereocenters. The Balaban J connectivity index is 0.00000300. The lowest BCUT2D eigenvalue weighted by Crippen LogP contribution is -2.04. The van der Waals surface area contributed by atoms with Gasteiger partial charge in [0.1, 0.15) is 0 Å². The molecule has 0 fully saturated rings. The molecule has 3 aromatic carbocycles. The predicted octanol–water partition coefficient (Wildman–Crippen LogP) is 5.02. The maximum Gasteiger partial charge on any atom is 0.337 e. The van der Waals surface area contributed by atoms with Gasteiger partial charge in [0, 0.05) is 0 Å². The molecule has 0 aliphatic heterocycles. The summed E-state index contributed by atoms with van der Waals surface area (Å²) in [5.74, 6) is -0.720. The van der Waals surface area contributed by atoms with Gasteiger partial charge in [-0.2, -0.15) is 0 Å². The van der Waals surface area contributed by atoms with Crippen LogP contribution in [0.25, 0.3) is 22.3 Å². The van der Waals surface area contributed by atoms with Crippen LogP contribution in [0.1, 0.15) is 26.3 Å². The van der Waals surface area contributed by atoms with E-state index in [1.165, 1.54) is 14.2 Å². The molecule has 3 aromatic rings. The summed E-state index contributed by atoms with van der Waals surface area (Å²) in [7, 11) is 5.51. The fraction of sp³-hybridized carbons (Fsp3) is 0.130. The van der Waals surface area contributed by atoms with E-state index in [1.807, 2.05) is 24.3 Å². The number of hydrogen-bond acceptors (Lipinski definition) is 4. The minimum atomic E-state index is -0.361. The van der Waals surface area contributed by atoms with E-state index in [0.717, 1.165) is 33.1 Å². The van der Waals surface area contributed by atoms with Gasteiger partial charge in [0.25, 0.3) is 0 Å². The van der Waals surface area contributed by atoms with Crippen LogP contribution in [0.2, 0.25) is 0 Å². The Hall–Kier alpha value is -2.24. The lowest BCUT2D eigenvalue weighted by Gasteiger charge is -2.17. The first-order valence-corrected chi connectivity index (χ1v) is 9.30. The van der Waals surface area contributed by atoms with Gasteiger partial charge in [0.15, 0.2) is 0 Å². The minimum Gasteiger partial charge on any atom is -0.465 e. The maximum atomic E-state index is 11.7. The van der Waals surface area contributed by atoms with Crippen LogP contribution in [0.4, 0.5) is 0 Å². The van der Waals surface area contributed by atoms with Crippen LogP contribution in [-0.2, 0) is 9.47 Å². The van der Waals surface area contributed by atoms with Crippen molar-refractivity contribution >= 4 is 50.5 Å². The van der Waals surface area contributed by atoms with Crippen molar-refractivity contribution < 1.29 is 19.1 Å². The molecule has 4 nitrogen and oxygen atoms in total. The molecule has 0 bridgehead atoms. The molecule has 6 heteroatoms. The van der Waals surface area contributed by atoms with E-state index < -0.39 is 0 Å². The summed E-state index contributed by atoms with van der Waals surface area (Å²) in [4.78, 5) is 23.4. The molecule has 0 N–H and O–H groups in total. The quantitative estimate of drug-likeness (QED) is 0.276. The van der Waals surface area contributed by atoms with Crippen LogP contribution in [0.3, 0.4) is 0 Å². The van der Waals surface area contributed by atoms with E-state index in [2.05, 4.69) is 28.3 Å². The molecule has 29 heavy (non-hydrogen) atoms. The van der Waals surface area contributed by atoms with Crippen molar-refractivity contribution in [3.8, 4) is 22.3 Å². The molecule has 0 amide bonds. The summed E-state index contributed by atoms with van der Waals surface area (Å²) in [6.07, 6.45) is 0. The summed E-state index contributed by atoms with van der Waals surface area (Å²) in [5, 5.41) is 1.04. The van der Waals surface area contributed by atoms with Crippen LogP contribution in [0, 0.1) is 6.92 Å². The third-order valence-electron chi connectivity index (χ3n) is 4.64. The number of methoxy groups -OCH3 is 2. The number of halogens is 1. The molecule has 3 rings (SSSR count). The Kier molecular flexibility index (Phi) is 7.94. The van der Waals surface area contributed by atoms with Gasteiger partial charge in [-0.05, 0) is 64.3 Å². The van der Waals surface area contributed by atoms with Gasteiger partial charge in [0.2, 0.25) is 0 Å². The van der Waals surface area contributed by atoms with E-state index in [9.17, 15) is 9.59 Å². The number of hydrogen-bond donors (Lipinski definition) is 0. The van der Waals surface area contributed by atoms with Gasteiger partial charge >= 0.3 is 11.9 Å². The Bertz CT molecular complexity index is 943. The van der Waals surface area contributed by atoms with Gasteiger partial charge in [-0.25, -0.2) is 9.59 Å². The summed E-state index contributed by atoms with van der Waals surface area (Å²) in [5.41, 5.74) is 6.27. The molecule has 0 saturated heterocycles. The Morgan fingerprint density at radius 3 is 1.52 bits per heavy atom. The molecule has 0 aliphatic rings. The second-order valence-corrected chi connectivity index (χ2v) is 6.98. The largest absolute Gasteiger partial charge is 0.465 e. The fourth-order valence-electron chi connectivity index (χ4n) is 3.19. The highest BCUT2D eigenvalue weighted by atomic mass is 127. The van der Waals surface area contributed by atoms with Gasteiger partial charge in [0.05, 0.1) is 25.3 Å². The molecule has 0 saturated carbocycles.